The largest absolute Gasteiger partial charge is 0.449 e. The van der Waals surface area contributed by atoms with Crippen molar-refractivity contribution in [3.05, 3.63) is 59.5 Å². The van der Waals surface area contributed by atoms with E-state index in [1.54, 1.807) is 35.6 Å². The summed E-state index contributed by atoms with van der Waals surface area (Å²) in [4.78, 5) is 27.8. The van der Waals surface area contributed by atoms with Gasteiger partial charge in [-0.3, -0.25) is 10.1 Å². The quantitative estimate of drug-likeness (QED) is 0.437. The number of nitrogens with two attached hydrogens (primary N) is 1. The number of carbonyl (C=O) groups excluding carboxylic acids is 2. The standard InChI is InChI=1S/C23H26N4O3S/c1-4-11-30-23(29)25-16-8-9-17(20(14-16)27(2)3)22(28)26-19-13-15(7-10-18(19)24)21-6-5-12-31-21/h5-10,12-14H,4,11,24H2,1-3H3,(H,25,29)(H,26,28). The first-order valence-corrected chi connectivity index (χ1v) is 10.8. The van der Waals surface area contributed by atoms with Gasteiger partial charge in [0.15, 0.2) is 0 Å². The van der Waals surface area contributed by atoms with Gasteiger partial charge in [-0.25, -0.2) is 4.79 Å². The lowest BCUT2D eigenvalue weighted by molar-refractivity contribution is 0.102. The lowest BCUT2D eigenvalue weighted by Gasteiger charge is -2.19. The van der Waals surface area contributed by atoms with E-state index < -0.39 is 6.09 Å². The van der Waals surface area contributed by atoms with Crippen molar-refractivity contribution in [2.45, 2.75) is 13.3 Å². The Bertz CT molecular complexity index is 1060. The van der Waals surface area contributed by atoms with Crippen molar-refractivity contribution in [2.75, 3.05) is 42.0 Å². The zero-order chi connectivity index (χ0) is 22.4. The fraction of sp³-hybridized carbons (Fsp3) is 0.217. The van der Waals surface area contributed by atoms with Crippen molar-refractivity contribution in [1.29, 1.82) is 0 Å². The first-order chi connectivity index (χ1) is 14.9. The first kappa shape index (κ1) is 22.2. The molecular formula is C23H26N4O3S. The summed E-state index contributed by atoms with van der Waals surface area (Å²) in [6.45, 7) is 2.27. The molecule has 0 radical (unpaired) electrons. The van der Waals surface area contributed by atoms with E-state index in [1.807, 2.05) is 55.6 Å². The molecule has 162 valence electrons. The van der Waals surface area contributed by atoms with Crippen molar-refractivity contribution in [3.8, 4) is 10.4 Å². The summed E-state index contributed by atoms with van der Waals surface area (Å²) in [5.74, 6) is -0.293. The van der Waals surface area contributed by atoms with Gasteiger partial charge in [-0.1, -0.05) is 19.1 Å². The van der Waals surface area contributed by atoms with Gasteiger partial charge in [-0.05, 0) is 53.8 Å². The number of hydrogen-bond donors (Lipinski definition) is 3. The molecule has 0 spiro atoms. The van der Waals surface area contributed by atoms with Gasteiger partial charge in [0.2, 0.25) is 0 Å². The molecule has 0 saturated carbocycles. The molecule has 3 rings (SSSR count). The van der Waals surface area contributed by atoms with Gasteiger partial charge in [0, 0.05) is 24.7 Å². The van der Waals surface area contributed by atoms with E-state index in [-0.39, 0.29) is 5.91 Å². The maximum atomic E-state index is 13.1. The van der Waals surface area contributed by atoms with E-state index in [2.05, 4.69) is 10.6 Å². The molecule has 1 aromatic heterocycles. The summed E-state index contributed by atoms with van der Waals surface area (Å²) in [6, 6.07) is 14.6. The molecule has 0 saturated heterocycles. The Morgan fingerprint density at radius 3 is 2.58 bits per heavy atom. The molecule has 0 bridgehead atoms. The Morgan fingerprint density at radius 1 is 1.10 bits per heavy atom. The molecule has 2 amide bonds. The summed E-state index contributed by atoms with van der Waals surface area (Å²) < 4.78 is 5.05. The lowest BCUT2D eigenvalue weighted by atomic mass is 10.1. The van der Waals surface area contributed by atoms with E-state index in [4.69, 9.17) is 10.5 Å². The van der Waals surface area contributed by atoms with E-state index in [0.717, 1.165) is 16.9 Å². The van der Waals surface area contributed by atoms with E-state index in [1.165, 1.54) is 0 Å². The van der Waals surface area contributed by atoms with Crippen LogP contribution in [0, 0.1) is 0 Å². The minimum atomic E-state index is -0.526. The van der Waals surface area contributed by atoms with Crippen LogP contribution in [0.1, 0.15) is 23.7 Å². The summed E-state index contributed by atoms with van der Waals surface area (Å²) in [6.07, 6.45) is 0.216. The highest BCUT2D eigenvalue weighted by atomic mass is 32.1. The number of amides is 2. The van der Waals surface area contributed by atoms with Crippen LogP contribution < -0.4 is 21.3 Å². The highest BCUT2D eigenvalue weighted by Crippen LogP contribution is 2.31. The van der Waals surface area contributed by atoms with Crippen LogP contribution in [-0.4, -0.2) is 32.7 Å². The highest BCUT2D eigenvalue weighted by Gasteiger charge is 2.16. The number of anilines is 4. The molecule has 1 heterocycles. The third-order valence-corrected chi connectivity index (χ3v) is 5.43. The average Bonchev–Trinajstić information content (AvgIpc) is 3.28. The molecule has 8 heteroatoms. The molecule has 4 N–H and O–H groups in total. The second-order valence-electron chi connectivity index (χ2n) is 7.12. The summed E-state index contributed by atoms with van der Waals surface area (Å²) in [5.41, 5.74) is 9.77. The van der Waals surface area contributed by atoms with Crippen LogP contribution >= 0.6 is 11.3 Å². The Labute approximate surface area is 185 Å². The van der Waals surface area contributed by atoms with Crippen LogP contribution in [0.3, 0.4) is 0 Å². The lowest BCUT2D eigenvalue weighted by Crippen LogP contribution is -2.20. The van der Waals surface area contributed by atoms with Crippen molar-refractivity contribution < 1.29 is 14.3 Å². The fourth-order valence-electron chi connectivity index (χ4n) is 2.97. The predicted octanol–water partition coefficient (Wildman–Crippen LogP) is 5.27. The molecule has 7 nitrogen and oxygen atoms in total. The number of ether oxygens (including phenoxy) is 1. The number of carbonyl (C=O) groups is 2. The van der Waals surface area contributed by atoms with Crippen LogP contribution in [0.4, 0.5) is 27.5 Å². The van der Waals surface area contributed by atoms with E-state index in [0.29, 0.717) is 34.9 Å². The third kappa shape index (κ3) is 5.55. The van der Waals surface area contributed by atoms with Crippen molar-refractivity contribution in [3.63, 3.8) is 0 Å². The molecule has 0 unspecified atom stereocenters. The Balaban J connectivity index is 1.83. The third-order valence-electron chi connectivity index (χ3n) is 4.52. The second-order valence-corrected chi connectivity index (χ2v) is 8.07. The molecule has 0 aliphatic carbocycles. The number of thiophene rings is 1. The Kier molecular flexibility index (Phi) is 7.15. The monoisotopic (exact) mass is 438 g/mol. The molecule has 0 fully saturated rings. The molecule has 0 atom stereocenters. The average molecular weight is 439 g/mol. The van der Waals surface area contributed by atoms with Crippen LogP contribution in [0.2, 0.25) is 0 Å². The highest BCUT2D eigenvalue weighted by molar-refractivity contribution is 7.13. The van der Waals surface area contributed by atoms with E-state index in [9.17, 15) is 9.59 Å². The van der Waals surface area contributed by atoms with Gasteiger partial charge in [-0.2, -0.15) is 0 Å². The topological polar surface area (TPSA) is 96.7 Å². The van der Waals surface area contributed by atoms with Crippen molar-refractivity contribution >= 4 is 46.1 Å². The molecular weight excluding hydrogens is 412 g/mol. The minimum Gasteiger partial charge on any atom is -0.449 e. The number of nitrogens with zero attached hydrogens (tertiary/aromatic N) is 1. The summed E-state index contributed by atoms with van der Waals surface area (Å²) in [7, 11) is 3.66. The molecule has 2 aromatic carbocycles. The van der Waals surface area contributed by atoms with Crippen molar-refractivity contribution in [2.24, 2.45) is 0 Å². The number of nitrogens with one attached hydrogen (secondary N) is 2. The maximum absolute atomic E-state index is 13.1. The normalized spacial score (nSPS) is 10.4. The SMILES string of the molecule is CCCOC(=O)Nc1ccc(C(=O)Nc2cc(-c3cccs3)ccc2N)c(N(C)C)c1. The number of hydrogen-bond acceptors (Lipinski definition) is 6. The Hall–Kier alpha value is -3.52. The van der Waals surface area contributed by atoms with E-state index >= 15 is 0 Å². The first-order valence-electron chi connectivity index (χ1n) is 9.89. The van der Waals surface area contributed by atoms with Gasteiger partial charge in [0.05, 0.1) is 29.2 Å². The molecule has 0 aliphatic rings. The van der Waals surface area contributed by atoms with Crippen LogP contribution in [-0.2, 0) is 4.74 Å². The van der Waals surface area contributed by atoms with Crippen LogP contribution in [0.25, 0.3) is 10.4 Å². The number of nitrogen functional groups attached to an aromatic ring is 1. The van der Waals surface area contributed by atoms with Gasteiger partial charge >= 0.3 is 6.09 Å². The molecule has 3 aromatic rings. The maximum Gasteiger partial charge on any atom is 0.411 e. The smallest absolute Gasteiger partial charge is 0.411 e. The molecule has 31 heavy (non-hydrogen) atoms. The number of benzene rings is 2. The summed E-state index contributed by atoms with van der Waals surface area (Å²) >= 11 is 1.62. The molecule has 0 aliphatic heterocycles. The van der Waals surface area contributed by atoms with Crippen LogP contribution in [0.15, 0.2) is 53.9 Å². The zero-order valence-electron chi connectivity index (χ0n) is 17.8. The predicted molar refractivity (Wildman–Crippen MR) is 128 cm³/mol. The van der Waals surface area contributed by atoms with Gasteiger partial charge in [-0.15, -0.1) is 11.3 Å². The minimum absolute atomic E-state index is 0.293. The fourth-order valence-corrected chi connectivity index (χ4v) is 3.69. The number of rotatable bonds is 7. The van der Waals surface area contributed by atoms with Crippen LogP contribution in [0.5, 0.6) is 0 Å². The second kappa shape index (κ2) is 9.99. The van der Waals surface area contributed by atoms with Gasteiger partial charge in [0.25, 0.3) is 5.91 Å². The van der Waals surface area contributed by atoms with Crippen molar-refractivity contribution in [1.82, 2.24) is 0 Å². The van der Waals surface area contributed by atoms with Gasteiger partial charge < -0.3 is 20.7 Å². The van der Waals surface area contributed by atoms with Gasteiger partial charge in [0.1, 0.15) is 0 Å². The Morgan fingerprint density at radius 2 is 1.90 bits per heavy atom. The zero-order valence-corrected chi connectivity index (χ0v) is 18.6. The summed E-state index contributed by atoms with van der Waals surface area (Å²) in [5, 5.41) is 7.60.